The van der Waals surface area contributed by atoms with Crippen LogP contribution in [0, 0.1) is 5.92 Å². The molecule has 0 unspecified atom stereocenters. The van der Waals surface area contributed by atoms with Gasteiger partial charge in [-0.1, -0.05) is 18.2 Å². The molecule has 0 radical (unpaired) electrons. The summed E-state index contributed by atoms with van der Waals surface area (Å²) >= 11 is 0. The Bertz CT molecular complexity index is 430. The van der Waals surface area contributed by atoms with Gasteiger partial charge in [-0.3, -0.25) is 4.79 Å². The first-order chi connectivity index (χ1) is 10.2. The Hall–Kier alpha value is -1.59. The number of carbonyl (C=O) groups excluding carboxylic acids is 1. The number of aliphatic hydroxyl groups excluding tert-OH is 1. The molecule has 0 bridgehead atoms. The Balaban J connectivity index is 1.67. The van der Waals surface area contributed by atoms with Crippen molar-refractivity contribution in [1.82, 2.24) is 10.2 Å². The number of hydrogen-bond donors (Lipinski definition) is 2. The third-order valence-electron chi connectivity index (χ3n) is 3.86. The van der Waals surface area contributed by atoms with Gasteiger partial charge in [-0.15, -0.1) is 0 Å². The molecule has 116 valence electrons. The number of β-amino-alcohol motifs (C(OH)–C–C–N with tert-alkyl or cyclic N) is 1. The molecular formula is C16H24N2O3. The summed E-state index contributed by atoms with van der Waals surface area (Å²) in [6.45, 7) is 2.58. The summed E-state index contributed by atoms with van der Waals surface area (Å²) in [4.78, 5) is 13.7. The first-order valence-electron chi connectivity index (χ1n) is 7.49. The molecule has 1 aromatic carbocycles. The first kappa shape index (κ1) is 15.8. The molecule has 0 spiro atoms. The van der Waals surface area contributed by atoms with Crippen LogP contribution in [0.5, 0.6) is 5.75 Å². The fourth-order valence-corrected chi connectivity index (χ4v) is 2.64. The van der Waals surface area contributed by atoms with Gasteiger partial charge in [0.05, 0.1) is 0 Å². The molecule has 21 heavy (non-hydrogen) atoms. The zero-order valence-electron chi connectivity index (χ0n) is 12.5. The number of amides is 1. The molecule has 2 N–H and O–H groups in total. The second kappa shape index (κ2) is 8.00. The maximum atomic E-state index is 11.6. The van der Waals surface area contributed by atoms with E-state index in [1.807, 2.05) is 30.3 Å². The van der Waals surface area contributed by atoms with Crippen LogP contribution in [0.1, 0.15) is 12.8 Å². The van der Waals surface area contributed by atoms with Crippen molar-refractivity contribution >= 4 is 5.91 Å². The maximum absolute atomic E-state index is 11.6. The number of likely N-dealkylation sites (tertiary alicyclic amines) is 1. The third-order valence-corrected chi connectivity index (χ3v) is 3.86. The van der Waals surface area contributed by atoms with E-state index in [9.17, 15) is 9.90 Å². The lowest BCUT2D eigenvalue weighted by atomic mass is 9.96. The van der Waals surface area contributed by atoms with E-state index >= 15 is 0 Å². The third kappa shape index (κ3) is 5.02. The summed E-state index contributed by atoms with van der Waals surface area (Å²) < 4.78 is 5.55. The number of aliphatic hydroxyl groups is 1. The van der Waals surface area contributed by atoms with Crippen LogP contribution < -0.4 is 10.1 Å². The van der Waals surface area contributed by atoms with Crippen LogP contribution in [-0.4, -0.2) is 55.3 Å². The summed E-state index contributed by atoms with van der Waals surface area (Å²) in [7, 11) is 1.68. The van der Waals surface area contributed by atoms with Crippen LogP contribution in [0.3, 0.4) is 0 Å². The molecule has 5 heteroatoms. The number of hydrogen-bond acceptors (Lipinski definition) is 4. The van der Waals surface area contributed by atoms with Gasteiger partial charge in [-0.2, -0.15) is 0 Å². The average molecular weight is 292 g/mol. The van der Waals surface area contributed by atoms with Crippen molar-refractivity contribution in [2.75, 3.05) is 33.3 Å². The van der Waals surface area contributed by atoms with E-state index in [1.165, 1.54) is 0 Å². The van der Waals surface area contributed by atoms with Crippen molar-refractivity contribution in [3.05, 3.63) is 30.3 Å². The Labute approximate surface area is 125 Å². The lowest BCUT2D eigenvalue weighted by Gasteiger charge is -2.32. The molecule has 1 fully saturated rings. The molecular weight excluding hydrogens is 268 g/mol. The highest BCUT2D eigenvalue weighted by atomic mass is 16.5. The van der Waals surface area contributed by atoms with E-state index in [0.29, 0.717) is 13.2 Å². The monoisotopic (exact) mass is 292 g/mol. The lowest BCUT2D eigenvalue weighted by molar-refractivity contribution is -0.126. The Morgan fingerprint density at radius 1 is 1.38 bits per heavy atom. The van der Waals surface area contributed by atoms with E-state index in [4.69, 9.17) is 4.74 Å². The molecule has 1 aliphatic rings. The van der Waals surface area contributed by atoms with Crippen molar-refractivity contribution in [3.63, 3.8) is 0 Å². The smallest absolute Gasteiger partial charge is 0.222 e. The van der Waals surface area contributed by atoms with Crippen molar-refractivity contribution < 1.29 is 14.6 Å². The zero-order valence-corrected chi connectivity index (χ0v) is 12.5. The van der Waals surface area contributed by atoms with Crippen molar-refractivity contribution in [2.24, 2.45) is 5.92 Å². The topological polar surface area (TPSA) is 61.8 Å². The average Bonchev–Trinajstić information content (AvgIpc) is 2.54. The Morgan fingerprint density at radius 2 is 2.05 bits per heavy atom. The molecule has 5 nitrogen and oxygen atoms in total. The van der Waals surface area contributed by atoms with Gasteiger partial charge in [-0.05, 0) is 38.1 Å². The largest absolute Gasteiger partial charge is 0.491 e. The first-order valence-corrected chi connectivity index (χ1v) is 7.49. The highest BCUT2D eigenvalue weighted by Crippen LogP contribution is 2.17. The molecule has 0 saturated carbocycles. The Kier molecular flexibility index (Phi) is 6.02. The Morgan fingerprint density at radius 3 is 2.67 bits per heavy atom. The predicted octanol–water partition coefficient (Wildman–Crippen LogP) is 0.884. The van der Waals surface area contributed by atoms with E-state index in [2.05, 4.69) is 10.2 Å². The maximum Gasteiger partial charge on any atom is 0.222 e. The molecule has 0 aromatic heterocycles. The number of piperidine rings is 1. The van der Waals surface area contributed by atoms with Gasteiger partial charge >= 0.3 is 0 Å². The summed E-state index contributed by atoms with van der Waals surface area (Å²) in [5.41, 5.74) is 0. The van der Waals surface area contributed by atoms with Crippen LogP contribution in [0.15, 0.2) is 30.3 Å². The van der Waals surface area contributed by atoms with Crippen LogP contribution in [0.25, 0.3) is 0 Å². The summed E-state index contributed by atoms with van der Waals surface area (Å²) in [5, 5.41) is 12.7. The fraction of sp³-hybridized carbons (Fsp3) is 0.562. The quantitative estimate of drug-likeness (QED) is 0.817. The molecule has 1 atom stereocenters. The summed E-state index contributed by atoms with van der Waals surface area (Å²) in [6, 6.07) is 9.50. The molecule has 0 aliphatic carbocycles. The highest BCUT2D eigenvalue weighted by molar-refractivity contribution is 5.78. The minimum absolute atomic E-state index is 0.115. The lowest BCUT2D eigenvalue weighted by Crippen LogP contribution is -2.43. The van der Waals surface area contributed by atoms with Gasteiger partial charge < -0.3 is 20.1 Å². The highest BCUT2D eigenvalue weighted by Gasteiger charge is 2.25. The van der Waals surface area contributed by atoms with E-state index in [1.54, 1.807) is 7.05 Å². The second-order valence-corrected chi connectivity index (χ2v) is 5.47. The molecule has 1 heterocycles. The summed E-state index contributed by atoms with van der Waals surface area (Å²) in [6.07, 6.45) is 1.19. The number of rotatable bonds is 6. The molecule has 2 rings (SSSR count). The second-order valence-electron chi connectivity index (χ2n) is 5.47. The van der Waals surface area contributed by atoms with Crippen LogP contribution >= 0.6 is 0 Å². The molecule has 1 aromatic rings. The van der Waals surface area contributed by atoms with E-state index < -0.39 is 6.10 Å². The van der Waals surface area contributed by atoms with Gasteiger partial charge in [0, 0.05) is 19.5 Å². The molecule has 1 saturated heterocycles. The van der Waals surface area contributed by atoms with Crippen LogP contribution in [0.2, 0.25) is 0 Å². The van der Waals surface area contributed by atoms with Gasteiger partial charge in [0.25, 0.3) is 0 Å². The number of ether oxygens (including phenoxy) is 1. The number of nitrogens with one attached hydrogen (secondary N) is 1. The molecule has 1 aliphatic heterocycles. The molecule has 1 amide bonds. The standard InChI is InChI=1S/C16H24N2O3/c1-17-16(20)13-7-9-18(10-8-13)11-14(19)12-21-15-5-3-2-4-6-15/h2-6,13-14,19H,7-12H2,1H3,(H,17,20)/t14-/m1/s1. The fourth-order valence-electron chi connectivity index (χ4n) is 2.64. The van der Waals surface area contributed by atoms with Crippen molar-refractivity contribution in [1.29, 1.82) is 0 Å². The predicted molar refractivity (Wildman–Crippen MR) is 81.2 cm³/mol. The van der Waals surface area contributed by atoms with E-state index in [-0.39, 0.29) is 11.8 Å². The number of carbonyl (C=O) groups is 1. The van der Waals surface area contributed by atoms with Gasteiger partial charge in [0.2, 0.25) is 5.91 Å². The van der Waals surface area contributed by atoms with Gasteiger partial charge in [-0.25, -0.2) is 0 Å². The van der Waals surface area contributed by atoms with Gasteiger partial charge in [0.15, 0.2) is 0 Å². The van der Waals surface area contributed by atoms with Gasteiger partial charge in [0.1, 0.15) is 18.5 Å². The normalized spacial score (nSPS) is 18.2. The number of nitrogens with zero attached hydrogens (tertiary/aromatic N) is 1. The zero-order chi connectivity index (χ0) is 15.1. The number of benzene rings is 1. The SMILES string of the molecule is CNC(=O)C1CCN(C[C@@H](O)COc2ccccc2)CC1. The van der Waals surface area contributed by atoms with Crippen molar-refractivity contribution in [2.45, 2.75) is 18.9 Å². The number of para-hydroxylation sites is 1. The minimum atomic E-state index is -0.512. The van der Waals surface area contributed by atoms with Crippen molar-refractivity contribution in [3.8, 4) is 5.75 Å². The van der Waals surface area contributed by atoms with Crippen LogP contribution in [0.4, 0.5) is 0 Å². The van der Waals surface area contributed by atoms with Crippen LogP contribution in [-0.2, 0) is 4.79 Å². The van der Waals surface area contributed by atoms with E-state index in [0.717, 1.165) is 31.7 Å². The minimum Gasteiger partial charge on any atom is -0.491 e. The summed E-state index contributed by atoms with van der Waals surface area (Å²) in [5.74, 6) is 1.02.